The number of halogens is 4. The van der Waals surface area contributed by atoms with Gasteiger partial charge in [0.25, 0.3) is 0 Å². The quantitative estimate of drug-likeness (QED) is 0.616. The zero-order valence-electron chi connectivity index (χ0n) is 14.3. The van der Waals surface area contributed by atoms with E-state index in [-0.39, 0.29) is 34.4 Å². The standard InChI is InChI=1S/C18H13F4NO4S/c1-9-6-11(2-4-13(9)18(20,21)22)16-12(8-27-17(16)24)10-3-5-15(14(19)7-10)28(23,25)26/h2-7H,8H2,1H3,(H2,23,25,26). The zero-order chi connectivity index (χ0) is 20.9. The van der Waals surface area contributed by atoms with E-state index in [1.807, 2.05) is 0 Å². The Morgan fingerprint density at radius 1 is 1.07 bits per heavy atom. The van der Waals surface area contributed by atoms with Gasteiger partial charge in [0.1, 0.15) is 17.3 Å². The molecule has 0 amide bonds. The summed E-state index contributed by atoms with van der Waals surface area (Å²) in [6.45, 7) is 1.02. The summed E-state index contributed by atoms with van der Waals surface area (Å²) in [5.74, 6) is -1.89. The van der Waals surface area contributed by atoms with Crippen LogP contribution in [0.5, 0.6) is 0 Å². The lowest BCUT2D eigenvalue weighted by Crippen LogP contribution is -2.14. The molecule has 148 valence electrons. The van der Waals surface area contributed by atoms with Crippen molar-refractivity contribution >= 4 is 27.1 Å². The summed E-state index contributed by atoms with van der Waals surface area (Å²) < 4.78 is 80.6. The molecule has 2 N–H and O–H groups in total. The first-order chi connectivity index (χ1) is 12.9. The highest BCUT2D eigenvalue weighted by Gasteiger charge is 2.34. The van der Waals surface area contributed by atoms with Crippen molar-refractivity contribution in [3.05, 3.63) is 64.5 Å². The van der Waals surface area contributed by atoms with Crippen molar-refractivity contribution in [1.82, 2.24) is 0 Å². The Balaban J connectivity index is 2.14. The van der Waals surface area contributed by atoms with E-state index < -0.39 is 38.4 Å². The highest BCUT2D eigenvalue weighted by Crippen LogP contribution is 2.37. The van der Waals surface area contributed by atoms with Gasteiger partial charge in [-0.05, 0) is 41.8 Å². The second kappa shape index (κ2) is 6.71. The summed E-state index contributed by atoms with van der Waals surface area (Å²) in [7, 11) is -4.27. The van der Waals surface area contributed by atoms with Crippen molar-refractivity contribution in [2.45, 2.75) is 18.0 Å². The second-order valence-electron chi connectivity index (χ2n) is 6.15. The smallest absolute Gasteiger partial charge is 0.416 e. The lowest BCUT2D eigenvalue weighted by atomic mass is 9.94. The third-order valence-corrected chi connectivity index (χ3v) is 5.20. The van der Waals surface area contributed by atoms with Gasteiger partial charge in [-0.3, -0.25) is 0 Å². The average Bonchev–Trinajstić information content (AvgIpc) is 2.93. The molecule has 0 aliphatic carbocycles. The van der Waals surface area contributed by atoms with Crippen LogP contribution in [0.2, 0.25) is 0 Å². The Morgan fingerprint density at radius 2 is 1.71 bits per heavy atom. The molecule has 1 heterocycles. The Bertz CT molecular complexity index is 1120. The first-order valence-electron chi connectivity index (χ1n) is 7.81. The molecule has 0 bridgehead atoms. The van der Waals surface area contributed by atoms with Crippen LogP contribution in [0.4, 0.5) is 17.6 Å². The number of hydrogen-bond donors (Lipinski definition) is 1. The molecule has 1 aliphatic heterocycles. The summed E-state index contributed by atoms with van der Waals surface area (Å²) in [5, 5.41) is 4.92. The maximum atomic E-state index is 14.1. The number of cyclic esters (lactones) is 1. The van der Waals surface area contributed by atoms with Gasteiger partial charge >= 0.3 is 12.1 Å². The van der Waals surface area contributed by atoms with Crippen molar-refractivity contribution in [3.8, 4) is 0 Å². The molecule has 0 unspecified atom stereocenters. The van der Waals surface area contributed by atoms with Crippen LogP contribution in [0.25, 0.3) is 11.1 Å². The first kappa shape index (κ1) is 20.0. The van der Waals surface area contributed by atoms with E-state index in [1.165, 1.54) is 19.1 Å². The van der Waals surface area contributed by atoms with Crippen molar-refractivity contribution in [3.63, 3.8) is 0 Å². The molecule has 3 rings (SSSR count). The van der Waals surface area contributed by atoms with Crippen molar-refractivity contribution < 1.29 is 35.5 Å². The number of hydrogen-bond acceptors (Lipinski definition) is 4. The predicted octanol–water partition coefficient (Wildman–Crippen LogP) is 3.27. The third kappa shape index (κ3) is 3.65. The Morgan fingerprint density at radius 3 is 2.25 bits per heavy atom. The third-order valence-electron chi connectivity index (χ3n) is 4.26. The van der Waals surface area contributed by atoms with Gasteiger partial charge in [-0.25, -0.2) is 22.7 Å². The number of nitrogens with two attached hydrogens (primary N) is 1. The van der Waals surface area contributed by atoms with Gasteiger partial charge in [0.15, 0.2) is 0 Å². The fourth-order valence-electron chi connectivity index (χ4n) is 2.98. The van der Waals surface area contributed by atoms with Crippen LogP contribution < -0.4 is 5.14 Å². The number of primary sulfonamides is 1. The van der Waals surface area contributed by atoms with E-state index in [1.54, 1.807) is 0 Å². The first-order valence-corrected chi connectivity index (χ1v) is 9.35. The molecule has 5 nitrogen and oxygen atoms in total. The monoisotopic (exact) mass is 415 g/mol. The van der Waals surface area contributed by atoms with Gasteiger partial charge in [-0.15, -0.1) is 0 Å². The fraction of sp³-hybridized carbons (Fsp3) is 0.167. The summed E-state index contributed by atoms with van der Waals surface area (Å²) in [6, 6.07) is 6.26. The summed E-state index contributed by atoms with van der Waals surface area (Å²) >= 11 is 0. The molecule has 28 heavy (non-hydrogen) atoms. The average molecular weight is 415 g/mol. The molecule has 0 radical (unpaired) electrons. The van der Waals surface area contributed by atoms with Crippen LogP contribution in [0.3, 0.4) is 0 Å². The minimum atomic E-state index is -4.54. The summed E-state index contributed by atoms with van der Waals surface area (Å²) in [6.07, 6.45) is -4.54. The van der Waals surface area contributed by atoms with Crippen LogP contribution in [0, 0.1) is 12.7 Å². The Labute approximate surface area is 157 Å². The highest BCUT2D eigenvalue weighted by atomic mass is 32.2. The largest absolute Gasteiger partial charge is 0.457 e. The normalized spacial score (nSPS) is 15.1. The molecular weight excluding hydrogens is 402 g/mol. The molecule has 0 atom stereocenters. The van der Waals surface area contributed by atoms with Crippen LogP contribution in [-0.2, 0) is 25.7 Å². The van der Waals surface area contributed by atoms with E-state index in [9.17, 15) is 30.8 Å². The number of alkyl halides is 3. The van der Waals surface area contributed by atoms with Gasteiger partial charge in [0, 0.05) is 5.57 Å². The van der Waals surface area contributed by atoms with E-state index in [0.717, 1.165) is 24.3 Å². The Kier molecular flexibility index (Phi) is 4.80. The van der Waals surface area contributed by atoms with E-state index in [0.29, 0.717) is 0 Å². The number of sulfonamides is 1. The number of ether oxygens (including phenoxy) is 1. The van der Waals surface area contributed by atoms with Crippen LogP contribution >= 0.6 is 0 Å². The highest BCUT2D eigenvalue weighted by molar-refractivity contribution is 7.89. The van der Waals surface area contributed by atoms with Gasteiger partial charge in [-0.1, -0.05) is 18.2 Å². The molecule has 0 saturated heterocycles. The Hall–Kier alpha value is -2.72. The zero-order valence-corrected chi connectivity index (χ0v) is 15.1. The van der Waals surface area contributed by atoms with Crippen LogP contribution in [0.15, 0.2) is 41.3 Å². The molecule has 10 heteroatoms. The molecule has 0 saturated carbocycles. The van der Waals surface area contributed by atoms with E-state index in [2.05, 4.69) is 0 Å². The lowest BCUT2D eigenvalue weighted by molar-refractivity contribution is -0.138. The van der Waals surface area contributed by atoms with Crippen molar-refractivity contribution in [2.24, 2.45) is 5.14 Å². The second-order valence-corrected chi connectivity index (χ2v) is 7.68. The number of carbonyl (C=O) groups is 1. The SMILES string of the molecule is Cc1cc(C2=C(c3ccc(S(N)(=O)=O)c(F)c3)COC2=O)ccc1C(F)(F)F. The molecule has 0 aromatic heterocycles. The summed E-state index contributed by atoms with van der Waals surface area (Å²) in [4.78, 5) is 11.4. The maximum Gasteiger partial charge on any atom is 0.416 e. The minimum Gasteiger partial charge on any atom is -0.457 e. The number of esters is 1. The topological polar surface area (TPSA) is 86.5 Å². The lowest BCUT2D eigenvalue weighted by Gasteiger charge is -2.12. The predicted molar refractivity (Wildman–Crippen MR) is 91.7 cm³/mol. The van der Waals surface area contributed by atoms with E-state index >= 15 is 0 Å². The summed E-state index contributed by atoms with van der Waals surface area (Å²) in [5.41, 5.74) is -0.383. The number of carbonyl (C=O) groups excluding carboxylic acids is 1. The minimum absolute atomic E-state index is 0.0143. The van der Waals surface area contributed by atoms with Gasteiger partial charge in [-0.2, -0.15) is 13.2 Å². The van der Waals surface area contributed by atoms with Gasteiger partial charge in [0.2, 0.25) is 10.0 Å². The molecule has 2 aromatic rings. The number of benzene rings is 2. The van der Waals surface area contributed by atoms with Crippen LogP contribution in [0.1, 0.15) is 22.3 Å². The molecular formula is C18H13F4NO4S. The molecule has 2 aromatic carbocycles. The van der Waals surface area contributed by atoms with Crippen LogP contribution in [-0.4, -0.2) is 21.0 Å². The van der Waals surface area contributed by atoms with Crippen molar-refractivity contribution in [2.75, 3.05) is 6.61 Å². The van der Waals surface area contributed by atoms with E-state index in [4.69, 9.17) is 9.88 Å². The molecule has 1 aliphatic rings. The van der Waals surface area contributed by atoms with Gasteiger partial charge in [0.05, 0.1) is 11.1 Å². The van der Waals surface area contributed by atoms with Crippen molar-refractivity contribution in [1.29, 1.82) is 0 Å². The maximum absolute atomic E-state index is 14.1. The fourth-order valence-corrected chi connectivity index (χ4v) is 3.57. The molecule has 0 fully saturated rings. The molecule has 0 spiro atoms. The number of aryl methyl sites for hydroxylation is 1. The number of rotatable bonds is 3. The van der Waals surface area contributed by atoms with Gasteiger partial charge < -0.3 is 4.74 Å².